The van der Waals surface area contributed by atoms with Crippen LogP contribution in [0.5, 0.6) is 0 Å². The lowest BCUT2D eigenvalue weighted by atomic mass is 10.0. The Kier molecular flexibility index (Phi) is 2.27. The third kappa shape index (κ3) is 1.51. The Bertz CT molecular complexity index is 656. The van der Waals surface area contributed by atoms with E-state index in [1.54, 1.807) is 11.6 Å². The molecule has 0 amide bonds. The summed E-state index contributed by atoms with van der Waals surface area (Å²) >= 11 is 1.39. The summed E-state index contributed by atoms with van der Waals surface area (Å²) in [5.74, 6) is 0.398. The van der Waals surface area contributed by atoms with Crippen LogP contribution in [0.25, 0.3) is 4.96 Å². The average molecular weight is 280 g/mol. The van der Waals surface area contributed by atoms with Gasteiger partial charge in [0, 0.05) is 11.4 Å². The zero-order valence-electron chi connectivity index (χ0n) is 11.3. The third-order valence-corrected chi connectivity index (χ3v) is 5.47. The fraction of sp³-hybridized carbons (Fsp3) is 0.583. The summed E-state index contributed by atoms with van der Waals surface area (Å²) in [5, 5.41) is 16.3. The Morgan fingerprint density at radius 2 is 2.05 bits per heavy atom. The Morgan fingerprint density at radius 1 is 1.42 bits per heavy atom. The first-order valence-corrected chi connectivity index (χ1v) is 7.01. The van der Waals surface area contributed by atoms with Crippen molar-refractivity contribution in [3.05, 3.63) is 21.7 Å². The minimum absolute atomic E-state index is 0.0229. The molecule has 102 valence electrons. The van der Waals surface area contributed by atoms with Crippen LogP contribution in [0.15, 0.2) is 11.6 Å². The predicted octanol–water partition coefficient (Wildman–Crippen LogP) is 3.15. The Labute approximate surface area is 114 Å². The van der Waals surface area contributed by atoms with Gasteiger partial charge in [-0.15, -0.1) is 0 Å². The number of rotatable bonds is 3. The first-order valence-electron chi connectivity index (χ1n) is 6.13. The summed E-state index contributed by atoms with van der Waals surface area (Å²) in [7, 11) is 0. The van der Waals surface area contributed by atoms with Gasteiger partial charge in [-0.3, -0.25) is 0 Å². The van der Waals surface area contributed by atoms with E-state index in [4.69, 9.17) is 0 Å². The largest absolute Gasteiger partial charge is 0.372 e. The van der Waals surface area contributed by atoms with Crippen LogP contribution < -0.4 is 5.32 Å². The molecular formula is C12H16N4O2S. The Balaban J connectivity index is 2.00. The van der Waals surface area contributed by atoms with Crippen LogP contribution in [0.1, 0.15) is 27.7 Å². The maximum absolute atomic E-state index is 11.2. The topological polar surface area (TPSA) is 72.5 Å². The number of anilines is 1. The van der Waals surface area contributed by atoms with Crippen LogP contribution >= 0.6 is 11.3 Å². The van der Waals surface area contributed by atoms with E-state index in [9.17, 15) is 10.1 Å². The highest BCUT2D eigenvalue weighted by atomic mass is 32.1. The van der Waals surface area contributed by atoms with E-state index < -0.39 is 0 Å². The zero-order chi connectivity index (χ0) is 14.0. The fourth-order valence-corrected chi connectivity index (χ4v) is 3.45. The highest BCUT2D eigenvalue weighted by molar-refractivity contribution is 7.15. The molecule has 1 fully saturated rings. The summed E-state index contributed by atoms with van der Waals surface area (Å²) in [5.41, 5.74) is 0.218. The zero-order valence-corrected chi connectivity index (χ0v) is 12.1. The van der Waals surface area contributed by atoms with Gasteiger partial charge in [0.15, 0.2) is 0 Å². The molecule has 2 heterocycles. The smallest absolute Gasteiger partial charge is 0.359 e. The normalized spacial score (nSPS) is 20.6. The van der Waals surface area contributed by atoms with E-state index >= 15 is 0 Å². The second-order valence-electron chi connectivity index (χ2n) is 6.12. The van der Waals surface area contributed by atoms with E-state index in [0.717, 1.165) is 0 Å². The minimum atomic E-state index is -0.378. The van der Waals surface area contributed by atoms with Crippen molar-refractivity contribution in [3.8, 4) is 0 Å². The molecule has 0 atom stereocenters. The molecule has 0 unspecified atom stereocenters. The monoisotopic (exact) mass is 280 g/mol. The van der Waals surface area contributed by atoms with Crippen LogP contribution in [0.4, 0.5) is 11.6 Å². The molecule has 1 aliphatic rings. The summed E-state index contributed by atoms with van der Waals surface area (Å²) in [6.07, 6.45) is 1.68. The van der Waals surface area contributed by atoms with Crippen molar-refractivity contribution in [1.29, 1.82) is 0 Å². The van der Waals surface area contributed by atoms with Crippen molar-refractivity contribution in [3.63, 3.8) is 0 Å². The quantitative estimate of drug-likeness (QED) is 0.692. The molecule has 7 heteroatoms. The second-order valence-corrected chi connectivity index (χ2v) is 6.99. The fourth-order valence-electron chi connectivity index (χ4n) is 2.74. The highest BCUT2D eigenvalue weighted by Gasteiger charge is 2.65. The summed E-state index contributed by atoms with van der Waals surface area (Å²) in [6, 6.07) is 0.198. The van der Waals surface area contributed by atoms with Gasteiger partial charge in [0.1, 0.15) is 6.20 Å². The van der Waals surface area contributed by atoms with E-state index in [1.165, 1.54) is 15.7 Å². The predicted molar refractivity (Wildman–Crippen MR) is 74.7 cm³/mol. The molecule has 1 aliphatic carbocycles. The van der Waals surface area contributed by atoms with Crippen molar-refractivity contribution < 1.29 is 4.92 Å². The molecule has 0 aromatic carbocycles. The molecule has 1 N–H and O–H groups in total. The van der Waals surface area contributed by atoms with Gasteiger partial charge in [0.2, 0.25) is 5.82 Å². The van der Waals surface area contributed by atoms with E-state index in [0.29, 0.717) is 10.8 Å². The maximum atomic E-state index is 11.2. The number of aromatic nitrogens is 2. The number of hydrogen-bond acceptors (Lipinski definition) is 5. The lowest BCUT2D eigenvalue weighted by Crippen LogP contribution is -2.11. The number of nitro groups is 1. The number of nitrogens with zero attached hydrogens (tertiary/aromatic N) is 3. The molecule has 1 saturated carbocycles. The summed E-state index contributed by atoms with van der Waals surface area (Å²) < 4.78 is 1.52. The molecule has 19 heavy (non-hydrogen) atoms. The number of thiazole rings is 1. The number of nitrogens with one attached hydrogen (secondary N) is 1. The molecular weight excluding hydrogens is 264 g/mol. The van der Waals surface area contributed by atoms with E-state index in [1.807, 2.05) is 0 Å². The van der Waals surface area contributed by atoms with Crippen molar-refractivity contribution in [1.82, 2.24) is 9.38 Å². The van der Waals surface area contributed by atoms with Crippen molar-refractivity contribution in [2.45, 2.75) is 33.7 Å². The number of hydrogen-bond donors (Lipinski definition) is 1. The van der Waals surface area contributed by atoms with Gasteiger partial charge in [-0.1, -0.05) is 39.0 Å². The molecule has 0 bridgehead atoms. The average Bonchev–Trinajstić information content (AvgIpc) is 2.69. The van der Waals surface area contributed by atoms with Crippen molar-refractivity contribution in [2.75, 3.05) is 5.32 Å². The van der Waals surface area contributed by atoms with Crippen molar-refractivity contribution in [2.24, 2.45) is 10.8 Å². The van der Waals surface area contributed by atoms with Crippen molar-refractivity contribution >= 4 is 27.9 Å². The first-order chi connectivity index (χ1) is 8.76. The minimum Gasteiger partial charge on any atom is -0.359 e. The van der Waals surface area contributed by atoms with E-state index in [2.05, 4.69) is 38.0 Å². The van der Waals surface area contributed by atoms with Gasteiger partial charge >= 0.3 is 5.82 Å². The number of imidazole rings is 1. The molecule has 3 rings (SSSR count). The van der Waals surface area contributed by atoms with Gasteiger partial charge in [0.05, 0.1) is 0 Å². The van der Waals surface area contributed by atoms with Gasteiger partial charge in [0.25, 0.3) is 4.96 Å². The van der Waals surface area contributed by atoms with Crippen LogP contribution in [0.2, 0.25) is 0 Å². The molecule has 0 aliphatic heterocycles. The lowest BCUT2D eigenvalue weighted by molar-refractivity contribution is -0.389. The van der Waals surface area contributed by atoms with Crippen LogP contribution in [0.3, 0.4) is 0 Å². The molecule has 2 aromatic rings. The van der Waals surface area contributed by atoms with Crippen LogP contribution in [-0.4, -0.2) is 20.3 Å². The lowest BCUT2D eigenvalue weighted by Gasteiger charge is -2.04. The summed E-state index contributed by atoms with van der Waals surface area (Å²) in [4.78, 5) is 15.8. The Hall–Kier alpha value is -1.63. The second kappa shape index (κ2) is 3.47. The molecule has 0 radical (unpaired) electrons. The standard InChI is InChI=1S/C12H16N4O2S/c1-11(2)9(12(11,3)4)13-7-8(16(17)18)15-5-6-19-10(15)14-7/h5-6,9,13H,1-4H3. The summed E-state index contributed by atoms with van der Waals surface area (Å²) in [6.45, 7) is 8.65. The molecule has 6 nitrogen and oxygen atoms in total. The van der Waals surface area contributed by atoms with Gasteiger partial charge < -0.3 is 15.4 Å². The van der Waals surface area contributed by atoms with E-state index in [-0.39, 0.29) is 27.6 Å². The van der Waals surface area contributed by atoms with Gasteiger partial charge in [-0.2, -0.15) is 9.38 Å². The van der Waals surface area contributed by atoms with Gasteiger partial charge in [-0.25, -0.2) is 0 Å². The molecule has 2 aromatic heterocycles. The molecule has 0 saturated heterocycles. The highest BCUT2D eigenvalue weighted by Crippen LogP contribution is 2.63. The number of fused-ring (bicyclic) bond motifs is 1. The van der Waals surface area contributed by atoms with Gasteiger partial charge in [-0.05, 0) is 15.8 Å². The van der Waals surface area contributed by atoms with Crippen LogP contribution in [-0.2, 0) is 0 Å². The SMILES string of the molecule is CC1(C)C(Nc2nc3sccn3c2[N+](=O)[O-])C1(C)C. The Morgan fingerprint density at radius 3 is 2.58 bits per heavy atom. The third-order valence-electron chi connectivity index (χ3n) is 4.71. The van der Waals surface area contributed by atoms with Crippen LogP contribution in [0, 0.1) is 20.9 Å². The first kappa shape index (κ1) is 12.4. The maximum Gasteiger partial charge on any atom is 0.372 e. The molecule has 0 spiro atoms.